The minimum atomic E-state index is 0.628. The second-order valence-electron chi connectivity index (χ2n) is 4.94. The Labute approximate surface area is 101 Å². The first-order chi connectivity index (χ1) is 8.31. The predicted octanol–water partition coefficient (Wildman–Crippen LogP) is 2.55. The van der Waals surface area contributed by atoms with Crippen molar-refractivity contribution < 1.29 is 0 Å². The van der Waals surface area contributed by atoms with Crippen LogP contribution in [0.5, 0.6) is 0 Å². The van der Waals surface area contributed by atoms with E-state index < -0.39 is 0 Å². The average Bonchev–Trinajstić information content (AvgIpc) is 3.00. The van der Waals surface area contributed by atoms with Crippen LogP contribution in [0.4, 0.5) is 0 Å². The van der Waals surface area contributed by atoms with Gasteiger partial charge in [-0.1, -0.05) is 12.8 Å². The number of aromatic nitrogens is 4. The van der Waals surface area contributed by atoms with E-state index in [2.05, 4.69) is 40.3 Å². The lowest BCUT2D eigenvalue weighted by Gasteiger charge is -2.08. The number of hydrogen-bond donors (Lipinski definition) is 0. The van der Waals surface area contributed by atoms with Crippen LogP contribution in [0, 0.1) is 6.92 Å². The van der Waals surface area contributed by atoms with Gasteiger partial charge in [0.1, 0.15) is 0 Å². The fraction of sp³-hybridized carbons (Fsp3) is 0.538. The fourth-order valence-corrected chi connectivity index (χ4v) is 2.55. The highest BCUT2D eigenvalue weighted by Gasteiger charge is 2.17. The molecule has 4 heteroatoms. The van der Waals surface area contributed by atoms with Gasteiger partial charge in [-0.3, -0.25) is 9.36 Å². The third-order valence-electron chi connectivity index (χ3n) is 3.45. The van der Waals surface area contributed by atoms with Gasteiger partial charge in [-0.25, -0.2) is 0 Å². The summed E-state index contributed by atoms with van der Waals surface area (Å²) in [5.41, 5.74) is 2.29. The van der Waals surface area contributed by atoms with E-state index in [1.54, 1.807) is 0 Å². The highest BCUT2D eigenvalue weighted by Crippen LogP contribution is 2.28. The van der Waals surface area contributed by atoms with Crippen LogP contribution in [0.1, 0.15) is 43.0 Å². The van der Waals surface area contributed by atoms with Gasteiger partial charge < -0.3 is 0 Å². The lowest BCUT2D eigenvalue weighted by molar-refractivity contribution is 0.460. The first-order valence-corrected chi connectivity index (χ1v) is 6.34. The Balaban J connectivity index is 1.71. The summed E-state index contributed by atoms with van der Waals surface area (Å²) in [6.45, 7) is 2.83. The van der Waals surface area contributed by atoms with E-state index in [0.29, 0.717) is 6.04 Å². The van der Waals surface area contributed by atoms with Gasteiger partial charge in [0.15, 0.2) is 0 Å². The van der Waals surface area contributed by atoms with Crippen LogP contribution in [0.25, 0.3) is 0 Å². The maximum atomic E-state index is 4.65. The molecular formula is C13H18N4. The van der Waals surface area contributed by atoms with Crippen LogP contribution in [-0.4, -0.2) is 19.6 Å². The van der Waals surface area contributed by atoms with Crippen LogP contribution in [0.2, 0.25) is 0 Å². The van der Waals surface area contributed by atoms with Gasteiger partial charge in [0.25, 0.3) is 0 Å². The fourth-order valence-electron chi connectivity index (χ4n) is 2.55. The predicted molar refractivity (Wildman–Crippen MR) is 65.8 cm³/mol. The van der Waals surface area contributed by atoms with Crippen molar-refractivity contribution in [1.82, 2.24) is 19.6 Å². The molecule has 0 N–H and O–H groups in total. The zero-order valence-electron chi connectivity index (χ0n) is 10.2. The molecule has 90 valence electrons. The van der Waals surface area contributed by atoms with Gasteiger partial charge in [-0.2, -0.15) is 10.2 Å². The molecule has 1 aliphatic carbocycles. The van der Waals surface area contributed by atoms with Gasteiger partial charge in [0, 0.05) is 12.4 Å². The van der Waals surface area contributed by atoms with Crippen molar-refractivity contribution in [3.8, 4) is 0 Å². The molecule has 1 fully saturated rings. The third-order valence-corrected chi connectivity index (χ3v) is 3.45. The second-order valence-corrected chi connectivity index (χ2v) is 4.94. The van der Waals surface area contributed by atoms with Gasteiger partial charge in [0.2, 0.25) is 0 Å². The lowest BCUT2D eigenvalue weighted by atomic mass is 10.3. The maximum Gasteiger partial charge on any atom is 0.0849 e. The Morgan fingerprint density at radius 3 is 2.88 bits per heavy atom. The minimum Gasteiger partial charge on any atom is -0.269 e. The molecule has 0 atom stereocenters. The number of nitrogens with zero attached hydrogens (tertiary/aromatic N) is 4. The van der Waals surface area contributed by atoms with E-state index in [0.717, 1.165) is 12.2 Å². The molecule has 4 nitrogen and oxygen atoms in total. The number of hydrogen-bond acceptors (Lipinski definition) is 2. The monoisotopic (exact) mass is 230 g/mol. The number of aryl methyl sites for hydroxylation is 1. The Morgan fingerprint density at radius 1 is 1.35 bits per heavy atom. The summed E-state index contributed by atoms with van der Waals surface area (Å²) in [5.74, 6) is 0. The summed E-state index contributed by atoms with van der Waals surface area (Å²) >= 11 is 0. The summed E-state index contributed by atoms with van der Waals surface area (Å²) in [6, 6.07) is 2.73. The van der Waals surface area contributed by atoms with Crippen LogP contribution in [0.3, 0.4) is 0 Å². The first-order valence-electron chi connectivity index (χ1n) is 6.34. The molecule has 0 saturated heterocycles. The average molecular weight is 230 g/mol. The van der Waals surface area contributed by atoms with Crippen LogP contribution in [0.15, 0.2) is 24.7 Å². The summed E-state index contributed by atoms with van der Waals surface area (Å²) in [4.78, 5) is 0. The molecule has 0 unspecified atom stereocenters. The highest BCUT2D eigenvalue weighted by atomic mass is 15.3. The van der Waals surface area contributed by atoms with Crippen molar-refractivity contribution in [2.75, 3.05) is 0 Å². The molecule has 0 bridgehead atoms. The number of rotatable bonds is 3. The largest absolute Gasteiger partial charge is 0.269 e. The molecule has 1 aliphatic rings. The standard InChI is InChI=1S/C13H18N4/c1-11-8-14-16(9-11)10-12-6-7-17(15-12)13-4-2-3-5-13/h6-9,13H,2-5,10H2,1H3. The Morgan fingerprint density at radius 2 is 2.18 bits per heavy atom. The summed E-state index contributed by atoms with van der Waals surface area (Å²) in [5, 5.41) is 8.94. The molecule has 17 heavy (non-hydrogen) atoms. The van der Waals surface area contributed by atoms with Crippen LogP contribution in [-0.2, 0) is 6.54 Å². The van der Waals surface area contributed by atoms with E-state index in [4.69, 9.17) is 0 Å². The van der Waals surface area contributed by atoms with Crippen molar-refractivity contribution in [1.29, 1.82) is 0 Å². The smallest absolute Gasteiger partial charge is 0.0849 e. The topological polar surface area (TPSA) is 35.6 Å². The van der Waals surface area contributed by atoms with Gasteiger partial charge in [-0.05, 0) is 31.4 Å². The van der Waals surface area contributed by atoms with Gasteiger partial charge in [-0.15, -0.1) is 0 Å². The Bertz CT molecular complexity index is 491. The zero-order valence-corrected chi connectivity index (χ0v) is 10.2. The van der Waals surface area contributed by atoms with Gasteiger partial charge >= 0.3 is 0 Å². The van der Waals surface area contributed by atoms with E-state index in [-0.39, 0.29) is 0 Å². The van der Waals surface area contributed by atoms with E-state index in [1.165, 1.54) is 31.2 Å². The van der Waals surface area contributed by atoms with E-state index >= 15 is 0 Å². The SMILES string of the molecule is Cc1cnn(Cc2ccn(C3CCCC3)n2)c1. The van der Waals surface area contributed by atoms with Crippen molar-refractivity contribution >= 4 is 0 Å². The first kappa shape index (κ1) is 10.6. The van der Waals surface area contributed by atoms with Crippen molar-refractivity contribution in [2.24, 2.45) is 0 Å². The summed E-state index contributed by atoms with van der Waals surface area (Å²) in [6.07, 6.45) is 11.3. The molecular weight excluding hydrogens is 212 g/mol. The summed E-state index contributed by atoms with van der Waals surface area (Å²) < 4.78 is 4.08. The van der Waals surface area contributed by atoms with Crippen molar-refractivity contribution in [3.63, 3.8) is 0 Å². The molecule has 0 aromatic carbocycles. The molecule has 2 aromatic heterocycles. The molecule has 0 amide bonds. The normalized spacial score (nSPS) is 16.8. The van der Waals surface area contributed by atoms with Crippen LogP contribution < -0.4 is 0 Å². The molecule has 2 aromatic rings. The third kappa shape index (κ3) is 2.25. The van der Waals surface area contributed by atoms with E-state index in [9.17, 15) is 0 Å². The van der Waals surface area contributed by atoms with Gasteiger partial charge in [0.05, 0.1) is 24.5 Å². The zero-order chi connectivity index (χ0) is 11.7. The van der Waals surface area contributed by atoms with Crippen molar-refractivity contribution in [2.45, 2.75) is 45.2 Å². The van der Waals surface area contributed by atoms with Crippen molar-refractivity contribution in [3.05, 3.63) is 35.9 Å². The Hall–Kier alpha value is -1.58. The molecule has 2 heterocycles. The lowest BCUT2D eigenvalue weighted by Crippen LogP contribution is -2.07. The highest BCUT2D eigenvalue weighted by molar-refractivity contribution is 5.04. The second kappa shape index (κ2) is 4.35. The van der Waals surface area contributed by atoms with E-state index in [1.807, 2.05) is 10.9 Å². The minimum absolute atomic E-state index is 0.628. The molecule has 0 spiro atoms. The molecule has 0 aliphatic heterocycles. The maximum absolute atomic E-state index is 4.65. The quantitative estimate of drug-likeness (QED) is 0.812. The summed E-state index contributed by atoms with van der Waals surface area (Å²) in [7, 11) is 0. The van der Waals surface area contributed by atoms with Crippen LogP contribution >= 0.6 is 0 Å². The molecule has 0 radical (unpaired) electrons. The molecule has 3 rings (SSSR count). The molecule has 1 saturated carbocycles. The Kier molecular flexibility index (Phi) is 2.71.